The Balaban J connectivity index is 2.36. The summed E-state index contributed by atoms with van der Waals surface area (Å²) in [6, 6.07) is 3.91. The minimum Gasteiger partial charge on any atom is -0.372 e. The lowest BCUT2D eigenvalue weighted by molar-refractivity contribution is 0.546. The molecule has 4 heteroatoms. The molecule has 0 saturated carbocycles. The number of aromatic nitrogens is 2. The predicted octanol–water partition coefficient (Wildman–Crippen LogP) is 1.26. The van der Waals surface area contributed by atoms with Crippen LogP contribution in [0.2, 0.25) is 0 Å². The van der Waals surface area contributed by atoms with Gasteiger partial charge in [0, 0.05) is 13.6 Å². The van der Waals surface area contributed by atoms with Gasteiger partial charge in [0.25, 0.3) is 0 Å². The molecular weight excluding hydrogens is 176 g/mol. The summed E-state index contributed by atoms with van der Waals surface area (Å²) in [6.45, 7) is 6.16. The third-order valence-electron chi connectivity index (χ3n) is 1.83. The van der Waals surface area contributed by atoms with E-state index in [9.17, 15) is 0 Å². The molecule has 2 N–H and O–H groups in total. The van der Waals surface area contributed by atoms with Gasteiger partial charge < -0.3 is 10.6 Å². The molecule has 4 nitrogen and oxygen atoms in total. The van der Waals surface area contributed by atoms with Gasteiger partial charge in [0.1, 0.15) is 5.82 Å². The SMILES string of the molecule is CNc1ccc(CNCC(C)C)nn1. The van der Waals surface area contributed by atoms with Crippen LogP contribution in [0.1, 0.15) is 19.5 Å². The topological polar surface area (TPSA) is 49.8 Å². The second-order valence-electron chi connectivity index (χ2n) is 3.68. The molecule has 0 spiro atoms. The first-order chi connectivity index (χ1) is 6.72. The van der Waals surface area contributed by atoms with Gasteiger partial charge in [-0.2, -0.15) is 5.10 Å². The van der Waals surface area contributed by atoms with Crippen molar-refractivity contribution >= 4 is 5.82 Å². The highest BCUT2D eigenvalue weighted by Gasteiger charge is 1.97. The van der Waals surface area contributed by atoms with Crippen molar-refractivity contribution < 1.29 is 0 Å². The maximum atomic E-state index is 4.07. The van der Waals surface area contributed by atoms with E-state index in [1.165, 1.54) is 0 Å². The number of nitrogens with zero attached hydrogens (tertiary/aromatic N) is 2. The lowest BCUT2D eigenvalue weighted by Crippen LogP contribution is -2.19. The van der Waals surface area contributed by atoms with Crippen molar-refractivity contribution in [2.75, 3.05) is 18.9 Å². The van der Waals surface area contributed by atoms with E-state index >= 15 is 0 Å². The van der Waals surface area contributed by atoms with Gasteiger partial charge in [-0.3, -0.25) is 0 Å². The minimum absolute atomic E-state index is 0.666. The molecule has 0 radical (unpaired) electrons. The van der Waals surface area contributed by atoms with Crippen molar-refractivity contribution in [2.24, 2.45) is 5.92 Å². The molecule has 1 rings (SSSR count). The van der Waals surface area contributed by atoms with Crippen LogP contribution >= 0.6 is 0 Å². The summed E-state index contributed by atoms with van der Waals surface area (Å²) in [5.41, 5.74) is 0.977. The molecular formula is C10H18N4. The first-order valence-electron chi connectivity index (χ1n) is 4.93. The highest BCUT2D eigenvalue weighted by atomic mass is 15.2. The Hall–Kier alpha value is -1.16. The van der Waals surface area contributed by atoms with Crippen LogP contribution in [0, 0.1) is 5.92 Å². The summed E-state index contributed by atoms with van der Waals surface area (Å²) in [7, 11) is 1.83. The van der Waals surface area contributed by atoms with Gasteiger partial charge in [-0.1, -0.05) is 13.8 Å². The highest BCUT2D eigenvalue weighted by molar-refractivity contribution is 5.31. The molecule has 0 saturated heterocycles. The summed E-state index contributed by atoms with van der Waals surface area (Å²) in [4.78, 5) is 0. The lowest BCUT2D eigenvalue weighted by Gasteiger charge is -2.06. The number of hydrogen-bond acceptors (Lipinski definition) is 4. The Morgan fingerprint density at radius 2 is 2.07 bits per heavy atom. The zero-order chi connectivity index (χ0) is 10.4. The maximum absolute atomic E-state index is 4.07. The summed E-state index contributed by atoms with van der Waals surface area (Å²) in [5.74, 6) is 1.47. The van der Waals surface area contributed by atoms with Gasteiger partial charge in [0.05, 0.1) is 5.69 Å². The van der Waals surface area contributed by atoms with E-state index in [2.05, 4.69) is 34.7 Å². The zero-order valence-corrected chi connectivity index (χ0v) is 9.04. The quantitative estimate of drug-likeness (QED) is 0.741. The Morgan fingerprint density at radius 1 is 1.29 bits per heavy atom. The molecule has 0 fully saturated rings. The minimum atomic E-state index is 0.666. The van der Waals surface area contributed by atoms with E-state index in [4.69, 9.17) is 0 Å². The van der Waals surface area contributed by atoms with Crippen LogP contribution in [0.4, 0.5) is 5.82 Å². The number of nitrogens with one attached hydrogen (secondary N) is 2. The van der Waals surface area contributed by atoms with Crippen LogP contribution in [-0.2, 0) is 6.54 Å². The van der Waals surface area contributed by atoms with Crippen molar-refractivity contribution in [1.29, 1.82) is 0 Å². The van der Waals surface area contributed by atoms with Crippen molar-refractivity contribution in [3.63, 3.8) is 0 Å². The number of rotatable bonds is 5. The van der Waals surface area contributed by atoms with E-state index < -0.39 is 0 Å². The number of anilines is 1. The van der Waals surface area contributed by atoms with Crippen molar-refractivity contribution in [2.45, 2.75) is 20.4 Å². The van der Waals surface area contributed by atoms with E-state index in [0.29, 0.717) is 5.92 Å². The third kappa shape index (κ3) is 3.70. The van der Waals surface area contributed by atoms with Crippen molar-refractivity contribution in [1.82, 2.24) is 15.5 Å². The molecule has 14 heavy (non-hydrogen) atoms. The fourth-order valence-corrected chi connectivity index (χ4v) is 1.08. The summed E-state index contributed by atoms with van der Waals surface area (Å²) >= 11 is 0. The standard InChI is InChI=1S/C10H18N4/c1-8(2)6-12-7-9-4-5-10(11-3)14-13-9/h4-5,8,12H,6-7H2,1-3H3,(H,11,14). The average Bonchev–Trinajstić information content (AvgIpc) is 2.18. The molecule has 0 aliphatic rings. The van der Waals surface area contributed by atoms with Gasteiger partial charge >= 0.3 is 0 Å². The molecule has 1 heterocycles. The first-order valence-corrected chi connectivity index (χ1v) is 4.93. The third-order valence-corrected chi connectivity index (χ3v) is 1.83. The Kier molecular flexibility index (Phi) is 4.32. The van der Waals surface area contributed by atoms with Crippen LogP contribution in [-0.4, -0.2) is 23.8 Å². The van der Waals surface area contributed by atoms with E-state index in [-0.39, 0.29) is 0 Å². The van der Waals surface area contributed by atoms with Gasteiger partial charge in [-0.15, -0.1) is 5.10 Å². The fourth-order valence-electron chi connectivity index (χ4n) is 1.08. The van der Waals surface area contributed by atoms with Crippen molar-refractivity contribution in [3.05, 3.63) is 17.8 Å². The van der Waals surface area contributed by atoms with Gasteiger partial charge in [0.2, 0.25) is 0 Å². The lowest BCUT2D eigenvalue weighted by atomic mass is 10.2. The Bertz CT molecular complexity index is 255. The Labute approximate surface area is 85.1 Å². The smallest absolute Gasteiger partial charge is 0.148 e. The van der Waals surface area contributed by atoms with Gasteiger partial charge in [-0.25, -0.2) is 0 Å². The van der Waals surface area contributed by atoms with E-state index in [1.807, 2.05) is 19.2 Å². The van der Waals surface area contributed by atoms with Crippen molar-refractivity contribution in [3.8, 4) is 0 Å². The van der Waals surface area contributed by atoms with E-state index in [1.54, 1.807) is 0 Å². The molecule has 0 bridgehead atoms. The molecule has 0 aromatic carbocycles. The van der Waals surface area contributed by atoms with Crippen LogP contribution in [0.3, 0.4) is 0 Å². The maximum Gasteiger partial charge on any atom is 0.148 e. The van der Waals surface area contributed by atoms with Gasteiger partial charge in [0.15, 0.2) is 0 Å². The second kappa shape index (κ2) is 5.54. The zero-order valence-electron chi connectivity index (χ0n) is 9.04. The van der Waals surface area contributed by atoms with Crippen LogP contribution in [0.25, 0.3) is 0 Å². The average molecular weight is 194 g/mol. The molecule has 1 aromatic heterocycles. The van der Waals surface area contributed by atoms with Gasteiger partial charge in [-0.05, 0) is 24.6 Å². The summed E-state index contributed by atoms with van der Waals surface area (Å²) in [5, 5.41) is 14.3. The normalized spacial score (nSPS) is 10.6. The summed E-state index contributed by atoms with van der Waals surface area (Å²) in [6.07, 6.45) is 0. The van der Waals surface area contributed by atoms with Crippen LogP contribution in [0.5, 0.6) is 0 Å². The summed E-state index contributed by atoms with van der Waals surface area (Å²) < 4.78 is 0. The van der Waals surface area contributed by atoms with E-state index in [0.717, 1.165) is 24.6 Å². The molecule has 0 aliphatic carbocycles. The highest BCUT2D eigenvalue weighted by Crippen LogP contribution is 2.00. The second-order valence-corrected chi connectivity index (χ2v) is 3.68. The first kappa shape index (κ1) is 10.9. The predicted molar refractivity (Wildman–Crippen MR) is 58.1 cm³/mol. The molecule has 0 atom stereocenters. The molecule has 78 valence electrons. The van der Waals surface area contributed by atoms with Crippen LogP contribution in [0.15, 0.2) is 12.1 Å². The molecule has 0 unspecified atom stereocenters. The largest absolute Gasteiger partial charge is 0.372 e. The fraction of sp³-hybridized carbons (Fsp3) is 0.600. The molecule has 0 aliphatic heterocycles. The molecule has 0 amide bonds. The van der Waals surface area contributed by atoms with Crippen LogP contribution < -0.4 is 10.6 Å². The Morgan fingerprint density at radius 3 is 2.57 bits per heavy atom. The number of hydrogen-bond donors (Lipinski definition) is 2. The molecule has 1 aromatic rings. The monoisotopic (exact) mass is 194 g/mol.